The molecule has 1 saturated heterocycles. The van der Waals surface area contributed by atoms with Gasteiger partial charge >= 0.3 is 0 Å². The summed E-state index contributed by atoms with van der Waals surface area (Å²) in [6.07, 6.45) is 1.15. The number of hydrogen-bond donors (Lipinski definition) is 0. The maximum Gasteiger partial charge on any atom is 0.246 e. The molecule has 0 unspecified atom stereocenters. The minimum absolute atomic E-state index is 0.00836. The number of carbonyl (C=O) groups excluding carboxylic acids is 1. The number of tetrazole rings is 1. The predicted octanol–water partition coefficient (Wildman–Crippen LogP) is -0.398. The largest absolute Gasteiger partial charge is 0.378 e. The van der Waals surface area contributed by atoms with Gasteiger partial charge in [0.05, 0.1) is 18.1 Å². The summed E-state index contributed by atoms with van der Waals surface area (Å²) in [5.41, 5.74) is 0.632. The number of rotatable bonds is 4. The minimum atomic E-state index is -3.25. The summed E-state index contributed by atoms with van der Waals surface area (Å²) in [6, 6.07) is 6.21. The Morgan fingerprint density at radius 1 is 1.21 bits per heavy atom. The van der Waals surface area contributed by atoms with Crippen molar-refractivity contribution < 1.29 is 17.9 Å². The van der Waals surface area contributed by atoms with Crippen molar-refractivity contribution in [1.29, 1.82) is 0 Å². The number of aromatic nitrogens is 4. The first kappa shape index (κ1) is 16.5. The molecule has 1 fully saturated rings. The van der Waals surface area contributed by atoms with Crippen molar-refractivity contribution in [1.82, 2.24) is 25.1 Å². The van der Waals surface area contributed by atoms with E-state index in [9.17, 15) is 13.2 Å². The molecule has 1 amide bonds. The second-order valence-corrected chi connectivity index (χ2v) is 7.45. The molecule has 0 atom stereocenters. The lowest BCUT2D eigenvalue weighted by Crippen LogP contribution is -2.42. The van der Waals surface area contributed by atoms with Crippen molar-refractivity contribution in [3.8, 4) is 11.4 Å². The van der Waals surface area contributed by atoms with E-state index in [4.69, 9.17) is 4.74 Å². The van der Waals surface area contributed by atoms with Crippen LogP contribution in [0.4, 0.5) is 0 Å². The van der Waals surface area contributed by atoms with Crippen LogP contribution in [0, 0.1) is 0 Å². The van der Waals surface area contributed by atoms with E-state index in [1.54, 1.807) is 17.0 Å². The van der Waals surface area contributed by atoms with Crippen molar-refractivity contribution >= 4 is 15.7 Å². The summed E-state index contributed by atoms with van der Waals surface area (Å²) in [6.45, 7) is 2.21. The Morgan fingerprint density at radius 3 is 2.50 bits per heavy atom. The van der Waals surface area contributed by atoms with Crippen molar-refractivity contribution in [2.45, 2.75) is 11.4 Å². The van der Waals surface area contributed by atoms with Crippen molar-refractivity contribution in [3.63, 3.8) is 0 Å². The molecule has 9 nitrogen and oxygen atoms in total. The topological polar surface area (TPSA) is 107 Å². The van der Waals surface area contributed by atoms with Crippen LogP contribution in [0.2, 0.25) is 0 Å². The summed E-state index contributed by atoms with van der Waals surface area (Å²) in [5.74, 6) is 0.250. The summed E-state index contributed by atoms with van der Waals surface area (Å²) >= 11 is 0. The quantitative estimate of drug-likeness (QED) is 0.738. The number of benzene rings is 1. The molecule has 2 heterocycles. The summed E-state index contributed by atoms with van der Waals surface area (Å²) in [5, 5.41) is 12.0. The molecule has 1 aliphatic rings. The molecule has 0 radical (unpaired) electrons. The lowest BCUT2D eigenvalue weighted by Gasteiger charge is -2.26. The number of nitrogens with zero attached hydrogens (tertiary/aromatic N) is 5. The predicted molar refractivity (Wildman–Crippen MR) is 83.8 cm³/mol. The number of hydrogen-bond acceptors (Lipinski definition) is 7. The van der Waals surface area contributed by atoms with E-state index in [1.807, 2.05) is 0 Å². The Kier molecular flexibility index (Phi) is 4.58. The molecule has 0 spiro atoms. The van der Waals surface area contributed by atoms with Gasteiger partial charge < -0.3 is 9.64 Å². The first-order valence-corrected chi connectivity index (χ1v) is 9.26. The average molecular weight is 351 g/mol. The highest BCUT2D eigenvalue weighted by Crippen LogP contribution is 2.17. The number of sulfone groups is 1. The number of ether oxygens (including phenoxy) is 1. The van der Waals surface area contributed by atoms with Gasteiger partial charge in [0.1, 0.15) is 6.54 Å². The molecule has 128 valence electrons. The first-order valence-electron chi connectivity index (χ1n) is 7.37. The number of amides is 1. The van der Waals surface area contributed by atoms with E-state index >= 15 is 0 Å². The van der Waals surface area contributed by atoms with Crippen LogP contribution in [0.15, 0.2) is 29.2 Å². The third kappa shape index (κ3) is 3.77. The fourth-order valence-electron chi connectivity index (χ4n) is 2.31. The fraction of sp³-hybridized carbons (Fsp3) is 0.429. The van der Waals surface area contributed by atoms with Crippen LogP contribution in [-0.2, 0) is 25.9 Å². The van der Waals surface area contributed by atoms with Crippen LogP contribution in [-0.4, -0.2) is 72.0 Å². The molecule has 1 aliphatic heterocycles. The molecule has 3 rings (SSSR count). The summed E-state index contributed by atoms with van der Waals surface area (Å²) in [7, 11) is -3.25. The van der Waals surface area contributed by atoms with Crippen LogP contribution in [0.1, 0.15) is 0 Å². The van der Waals surface area contributed by atoms with E-state index < -0.39 is 9.84 Å². The van der Waals surface area contributed by atoms with Crippen molar-refractivity contribution in [2.24, 2.45) is 0 Å². The van der Waals surface area contributed by atoms with Crippen LogP contribution in [0.3, 0.4) is 0 Å². The fourth-order valence-corrected chi connectivity index (χ4v) is 2.94. The Morgan fingerprint density at radius 2 is 1.88 bits per heavy atom. The van der Waals surface area contributed by atoms with Gasteiger partial charge in [-0.15, -0.1) is 10.2 Å². The second kappa shape index (κ2) is 6.65. The SMILES string of the molecule is CS(=O)(=O)c1ccc(-c2nnn(CC(=O)N3CCOCC3)n2)cc1. The van der Waals surface area contributed by atoms with Gasteiger partial charge in [0, 0.05) is 24.9 Å². The Bertz CT molecular complexity index is 825. The standard InChI is InChI=1S/C14H17N5O4S/c1-24(21,22)12-4-2-11(3-5-12)14-15-17-19(16-14)10-13(20)18-6-8-23-9-7-18/h2-5H,6-10H2,1H3. The average Bonchev–Trinajstić information content (AvgIpc) is 3.03. The van der Waals surface area contributed by atoms with Gasteiger partial charge in [-0.1, -0.05) is 0 Å². The molecule has 0 N–H and O–H groups in total. The number of carbonyl (C=O) groups is 1. The van der Waals surface area contributed by atoms with Gasteiger partial charge in [-0.3, -0.25) is 4.79 Å². The van der Waals surface area contributed by atoms with Crippen LogP contribution in [0.5, 0.6) is 0 Å². The highest BCUT2D eigenvalue weighted by molar-refractivity contribution is 7.90. The molecule has 0 aliphatic carbocycles. The minimum Gasteiger partial charge on any atom is -0.378 e. The lowest BCUT2D eigenvalue weighted by atomic mass is 10.2. The monoisotopic (exact) mass is 351 g/mol. The van der Waals surface area contributed by atoms with E-state index in [-0.39, 0.29) is 17.3 Å². The molecule has 10 heteroatoms. The van der Waals surface area contributed by atoms with E-state index in [0.29, 0.717) is 37.7 Å². The Hall–Kier alpha value is -2.33. The van der Waals surface area contributed by atoms with Crippen molar-refractivity contribution in [3.05, 3.63) is 24.3 Å². The molecular weight excluding hydrogens is 334 g/mol. The van der Waals surface area contributed by atoms with Crippen molar-refractivity contribution in [2.75, 3.05) is 32.6 Å². The third-order valence-corrected chi connectivity index (χ3v) is 4.76. The highest BCUT2D eigenvalue weighted by atomic mass is 32.2. The molecule has 24 heavy (non-hydrogen) atoms. The molecule has 1 aromatic heterocycles. The summed E-state index contributed by atoms with van der Waals surface area (Å²) < 4.78 is 28.1. The van der Waals surface area contributed by atoms with Crippen LogP contribution < -0.4 is 0 Å². The molecule has 0 saturated carbocycles. The highest BCUT2D eigenvalue weighted by Gasteiger charge is 2.18. The zero-order chi connectivity index (χ0) is 17.2. The first-order chi connectivity index (χ1) is 11.4. The van der Waals surface area contributed by atoms with Gasteiger partial charge in [0.25, 0.3) is 0 Å². The molecular formula is C14H17N5O4S. The molecule has 1 aromatic carbocycles. The molecule has 0 bridgehead atoms. The zero-order valence-electron chi connectivity index (χ0n) is 13.1. The van der Waals surface area contributed by atoms with Gasteiger partial charge in [-0.25, -0.2) is 8.42 Å². The van der Waals surface area contributed by atoms with Crippen LogP contribution >= 0.6 is 0 Å². The van der Waals surface area contributed by atoms with Gasteiger partial charge in [0.2, 0.25) is 11.7 Å². The Labute approximate surface area is 139 Å². The van der Waals surface area contributed by atoms with Gasteiger partial charge in [0.15, 0.2) is 9.84 Å². The maximum atomic E-state index is 12.1. The van der Waals surface area contributed by atoms with E-state index in [2.05, 4.69) is 15.4 Å². The maximum absolute atomic E-state index is 12.1. The normalized spacial score (nSPS) is 15.5. The number of morpholine rings is 1. The summed E-state index contributed by atoms with van der Waals surface area (Å²) in [4.78, 5) is 15.3. The van der Waals surface area contributed by atoms with Crippen LogP contribution in [0.25, 0.3) is 11.4 Å². The smallest absolute Gasteiger partial charge is 0.246 e. The van der Waals surface area contributed by atoms with Gasteiger partial charge in [-0.05, 0) is 29.5 Å². The second-order valence-electron chi connectivity index (χ2n) is 5.43. The third-order valence-electron chi connectivity index (χ3n) is 3.63. The van der Waals surface area contributed by atoms with Gasteiger partial charge in [-0.2, -0.15) is 4.80 Å². The Balaban J connectivity index is 1.70. The molecule has 2 aromatic rings. The van der Waals surface area contributed by atoms with E-state index in [0.717, 1.165) is 6.26 Å². The zero-order valence-corrected chi connectivity index (χ0v) is 13.9. The lowest BCUT2D eigenvalue weighted by molar-refractivity contribution is -0.136. The van der Waals surface area contributed by atoms with E-state index in [1.165, 1.54) is 16.9 Å².